The Balaban J connectivity index is 1.77. The van der Waals surface area contributed by atoms with Crippen molar-refractivity contribution < 1.29 is 9.53 Å². The van der Waals surface area contributed by atoms with Gasteiger partial charge < -0.3 is 9.64 Å². The molecule has 2 aromatic rings. The Kier molecular flexibility index (Phi) is 3.46. The highest BCUT2D eigenvalue weighted by atomic mass is 16.5. The second-order valence-electron chi connectivity index (χ2n) is 5.16. The standard InChI is InChI=1S/C13H18N6O2/c1-8-10(6-14-18(8)3)13(20)19-4-5-21-11(7-19)12-15-9(2)16-17-12/h6,11H,4-5,7H2,1-3H3,(H,15,16,17). The number of nitrogens with zero attached hydrogens (tertiary/aromatic N) is 5. The smallest absolute Gasteiger partial charge is 0.257 e. The van der Waals surface area contributed by atoms with Crippen LogP contribution in [0.2, 0.25) is 0 Å². The van der Waals surface area contributed by atoms with E-state index in [1.165, 1.54) is 0 Å². The van der Waals surface area contributed by atoms with Crippen LogP contribution in [-0.2, 0) is 11.8 Å². The van der Waals surface area contributed by atoms with Crippen LogP contribution in [0.1, 0.15) is 33.8 Å². The summed E-state index contributed by atoms with van der Waals surface area (Å²) in [5.41, 5.74) is 1.49. The van der Waals surface area contributed by atoms with E-state index in [1.807, 2.05) is 20.9 Å². The molecular weight excluding hydrogens is 272 g/mol. The molecule has 1 aliphatic heterocycles. The second-order valence-corrected chi connectivity index (χ2v) is 5.16. The Morgan fingerprint density at radius 3 is 2.90 bits per heavy atom. The van der Waals surface area contributed by atoms with Gasteiger partial charge in [-0.15, -0.1) is 0 Å². The van der Waals surface area contributed by atoms with Crippen LogP contribution in [0.3, 0.4) is 0 Å². The minimum absolute atomic E-state index is 0.0267. The quantitative estimate of drug-likeness (QED) is 0.863. The summed E-state index contributed by atoms with van der Waals surface area (Å²) in [5.74, 6) is 1.30. The fraction of sp³-hybridized carbons (Fsp3) is 0.538. The highest BCUT2D eigenvalue weighted by molar-refractivity contribution is 5.95. The van der Waals surface area contributed by atoms with Gasteiger partial charge in [-0.3, -0.25) is 14.6 Å². The van der Waals surface area contributed by atoms with Crippen LogP contribution in [-0.4, -0.2) is 55.5 Å². The predicted molar refractivity (Wildman–Crippen MR) is 73.7 cm³/mol. The molecule has 0 aliphatic carbocycles. The predicted octanol–water partition coefficient (Wildman–Crippen LogP) is 0.369. The summed E-state index contributed by atoms with van der Waals surface area (Å²) in [6.07, 6.45) is 1.32. The molecule has 0 radical (unpaired) electrons. The normalized spacial score (nSPS) is 19.0. The number of H-pyrrole nitrogens is 1. The maximum absolute atomic E-state index is 12.6. The molecule has 2 aromatic heterocycles. The van der Waals surface area contributed by atoms with E-state index in [0.29, 0.717) is 31.1 Å². The van der Waals surface area contributed by atoms with Gasteiger partial charge in [0.2, 0.25) is 0 Å². The first kappa shape index (κ1) is 13.7. The first-order chi connectivity index (χ1) is 10.1. The molecule has 0 spiro atoms. The van der Waals surface area contributed by atoms with Crippen LogP contribution < -0.4 is 0 Å². The van der Waals surface area contributed by atoms with Crippen molar-refractivity contribution in [3.05, 3.63) is 29.1 Å². The lowest BCUT2D eigenvalue weighted by atomic mass is 10.2. The molecule has 8 nitrogen and oxygen atoms in total. The van der Waals surface area contributed by atoms with E-state index < -0.39 is 0 Å². The minimum Gasteiger partial charge on any atom is -0.366 e. The van der Waals surface area contributed by atoms with Gasteiger partial charge in [-0.25, -0.2) is 4.98 Å². The number of aromatic amines is 1. The van der Waals surface area contributed by atoms with E-state index in [1.54, 1.807) is 15.8 Å². The van der Waals surface area contributed by atoms with Gasteiger partial charge in [0.25, 0.3) is 5.91 Å². The largest absolute Gasteiger partial charge is 0.366 e. The molecule has 1 N–H and O–H groups in total. The third kappa shape index (κ3) is 2.54. The third-order valence-electron chi connectivity index (χ3n) is 3.72. The molecule has 21 heavy (non-hydrogen) atoms. The first-order valence-electron chi connectivity index (χ1n) is 6.84. The van der Waals surface area contributed by atoms with Gasteiger partial charge in [0, 0.05) is 19.3 Å². The molecule has 0 aromatic carbocycles. The van der Waals surface area contributed by atoms with Gasteiger partial charge in [0.1, 0.15) is 11.9 Å². The van der Waals surface area contributed by atoms with Crippen molar-refractivity contribution in [3.63, 3.8) is 0 Å². The van der Waals surface area contributed by atoms with Crippen molar-refractivity contribution in [1.82, 2.24) is 29.9 Å². The SMILES string of the molecule is Cc1nc(C2CN(C(=O)c3cnn(C)c3C)CCO2)n[nH]1. The number of carbonyl (C=O) groups excluding carboxylic acids is 1. The molecule has 8 heteroatoms. The molecule has 3 rings (SSSR count). The van der Waals surface area contributed by atoms with Crippen LogP contribution in [0.15, 0.2) is 6.20 Å². The van der Waals surface area contributed by atoms with Crippen LogP contribution >= 0.6 is 0 Å². The molecule has 1 saturated heterocycles. The summed E-state index contributed by atoms with van der Waals surface area (Å²) in [4.78, 5) is 18.6. The number of hydrogen-bond donors (Lipinski definition) is 1. The zero-order valence-electron chi connectivity index (χ0n) is 12.3. The Bertz CT molecular complexity index is 661. The summed E-state index contributed by atoms with van der Waals surface area (Å²) in [7, 11) is 1.82. The molecule has 3 heterocycles. The Labute approximate surface area is 122 Å². The van der Waals surface area contributed by atoms with Crippen LogP contribution in [0, 0.1) is 13.8 Å². The maximum atomic E-state index is 12.6. The van der Waals surface area contributed by atoms with E-state index in [0.717, 1.165) is 11.5 Å². The number of morpholine rings is 1. The second kappa shape index (κ2) is 5.28. The molecule has 1 amide bonds. The first-order valence-corrected chi connectivity index (χ1v) is 6.84. The monoisotopic (exact) mass is 290 g/mol. The summed E-state index contributed by atoms with van der Waals surface area (Å²) in [6.45, 7) is 5.21. The Morgan fingerprint density at radius 1 is 1.48 bits per heavy atom. The third-order valence-corrected chi connectivity index (χ3v) is 3.72. The molecule has 1 fully saturated rings. The zero-order chi connectivity index (χ0) is 15.0. The number of aryl methyl sites for hydroxylation is 2. The maximum Gasteiger partial charge on any atom is 0.257 e. The molecule has 1 atom stereocenters. The fourth-order valence-electron chi connectivity index (χ4n) is 2.37. The number of amides is 1. The van der Waals surface area contributed by atoms with Gasteiger partial charge >= 0.3 is 0 Å². The number of ether oxygens (including phenoxy) is 1. The van der Waals surface area contributed by atoms with Crippen LogP contribution in [0.25, 0.3) is 0 Å². The molecule has 1 unspecified atom stereocenters. The number of nitrogens with one attached hydrogen (secondary N) is 1. The van der Waals surface area contributed by atoms with E-state index in [-0.39, 0.29) is 12.0 Å². The van der Waals surface area contributed by atoms with Crippen molar-refractivity contribution in [2.24, 2.45) is 7.05 Å². The van der Waals surface area contributed by atoms with Crippen LogP contribution in [0.4, 0.5) is 0 Å². The lowest BCUT2D eigenvalue weighted by Crippen LogP contribution is -2.42. The lowest BCUT2D eigenvalue weighted by molar-refractivity contribution is -0.0267. The number of rotatable bonds is 2. The highest BCUT2D eigenvalue weighted by Gasteiger charge is 2.29. The highest BCUT2D eigenvalue weighted by Crippen LogP contribution is 2.21. The summed E-state index contributed by atoms with van der Waals surface area (Å²) in [6, 6.07) is 0. The average Bonchev–Trinajstić information content (AvgIpc) is 3.06. The summed E-state index contributed by atoms with van der Waals surface area (Å²) >= 11 is 0. The number of hydrogen-bond acceptors (Lipinski definition) is 5. The molecule has 112 valence electrons. The topological polar surface area (TPSA) is 88.9 Å². The van der Waals surface area contributed by atoms with Gasteiger partial charge in [0.05, 0.1) is 24.9 Å². The number of aromatic nitrogens is 5. The summed E-state index contributed by atoms with van der Waals surface area (Å²) < 4.78 is 7.37. The van der Waals surface area contributed by atoms with E-state index >= 15 is 0 Å². The Morgan fingerprint density at radius 2 is 2.29 bits per heavy atom. The minimum atomic E-state index is -0.287. The van der Waals surface area contributed by atoms with Gasteiger partial charge in [-0.05, 0) is 13.8 Å². The average molecular weight is 290 g/mol. The molecular formula is C13H18N6O2. The van der Waals surface area contributed by atoms with Gasteiger partial charge in [-0.1, -0.05) is 0 Å². The van der Waals surface area contributed by atoms with Gasteiger partial charge in [0.15, 0.2) is 5.82 Å². The number of carbonyl (C=O) groups is 1. The van der Waals surface area contributed by atoms with Crippen LogP contribution in [0.5, 0.6) is 0 Å². The van der Waals surface area contributed by atoms with E-state index in [2.05, 4.69) is 20.3 Å². The van der Waals surface area contributed by atoms with Crippen molar-refractivity contribution in [3.8, 4) is 0 Å². The van der Waals surface area contributed by atoms with E-state index in [4.69, 9.17) is 4.74 Å². The fourth-order valence-corrected chi connectivity index (χ4v) is 2.37. The van der Waals surface area contributed by atoms with Gasteiger partial charge in [-0.2, -0.15) is 10.2 Å². The lowest BCUT2D eigenvalue weighted by Gasteiger charge is -2.31. The van der Waals surface area contributed by atoms with E-state index in [9.17, 15) is 4.79 Å². The Hall–Kier alpha value is -2.22. The summed E-state index contributed by atoms with van der Waals surface area (Å²) in [5, 5.41) is 11.0. The zero-order valence-corrected chi connectivity index (χ0v) is 12.3. The van der Waals surface area contributed by atoms with Crippen molar-refractivity contribution in [2.45, 2.75) is 20.0 Å². The van der Waals surface area contributed by atoms with Crippen molar-refractivity contribution >= 4 is 5.91 Å². The van der Waals surface area contributed by atoms with Crippen molar-refractivity contribution in [1.29, 1.82) is 0 Å². The molecule has 0 saturated carbocycles. The van der Waals surface area contributed by atoms with Crippen molar-refractivity contribution in [2.75, 3.05) is 19.7 Å². The molecule has 0 bridgehead atoms. The molecule has 1 aliphatic rings.